The lowest BCUT2D eigenvalue weighted by Gasteiger charge is -2.17. The highest BCUT2D eigenvalue weighted by Crippen LogP contribution is 2.41. The molecule has 1 saturated carbocycles. The van der Waals surface area contributed by atoms with Gasteiger partial charge in [-0.1, -0.05) is 11.6 Å². The number of halogens is 3. The minimum Gasteiger partial charge on any atom is -0.394 e. The van der Waals surface area contributed by atoms with Gasteiger partial charge in [0, 0.05) is 35.7 Å². The molecule has 31 heavy (non-hydrogen) atoms. The summed E-state index contributed by atoms with van der Waals surface area (Å²) in [6, 6.07) is -0.377. The molecule has 0 aliphatic heterocycles. The van der Waals surface area contributed by atoms with Crippen LogP contribution in [0.4, 0.5) is 20.3 Å². The SMILES string of the molecule is CC(CO)Nc1c(F)c(Cl)c(-c2cn3cc(NC[C@@H]4C[C@@H]4F)nc3cn2)c2cn[nH]c12. The Bertz CT molecular complexity index is 1270. The molecule has 0 radical (unpaired) electrons. The Hall–Kier alpha value is -2.98. The Labute approximate surface area is 180 Å². The molecule has 11 heteroatoms. The molecule has 4 N–H and O–H groups in total. The van der Waals surface area contributed by atoms with Gasteiger partial charge in [-0.2, -0.15) is 5.10 Å². The number of alkyl halides is 1. The number of nitrogens with zero attached hydrogens (tertiary/aromatic N) is 4. The Balaban J connectivity index is 1.54. The Kier molecular flexibility index (Phi) is 4.90. The van der Waals surface area contributed by atoms with Crippen molar-refractivity contribution in [3.63, 3.8) is 0 Å². The quantitative estimate of drug-likeness (QED) is 0.345. The maximum absolute atomic E-state index is 15.2. The van der Waals surface area contributed by atoms with E-state index in [9.17, 15) is 9.50 Å². The summed E-state index contributed by atoms with van der Waals surface area (Å²) in [5.74, 6) is -0.00883. The summed E-state index contributed by atoms with van der Waals surface area (Å²) in [4.78, 5) is 8.85. The fraction of sp³-hybridized carbons (Fsp3) is 0.350. The molecule has 0 bridgehead atoms. The third-order valence-electron chi connectivity index (χ3n) is 5.43. The van der Waals surface area contributed by atoms with Crippen molar-refractivity contribution in [3.05, 3.63) is 35.6 Å². The van der Waals surface area contributed by atoms with Crippen molar-refractivity contribution in [1.29, 1.82) is 0 Å². The largest absolute Gasteiger partial charge is 0.394 e. The molecule has 8 nitrogen and oxygen atoms in total. The van der Waals surface area contributed by atoms with Gasteiger partial charge in [0.2, 0.25) is 0 Å². The second-order valence-corrected chi connectivity index (χ2v) is 8.20. The fourth-order valence-corrected chi connectivity index (χ4v) is 3.86. The van der Waals surface area contributed by atoms with Crippen molar-refractivity contribution in [2.45, 2.75) is 25.6 Å². The van der Waals surface area contributed by atoms with E-state index < -0.39 is 12.0 Å². The van der Waals surface area contributed by atoms with Crippen LogP contribution >= 0.6 is 11.6 Å². The average molecular weight is 448 g/mol. The number of aliphatic hydroxyl groups is 1. The first-order valence-electron chi connectivity index (χ1n) is 9.90. The number of anilines is 2. The van der Waals surface area contributed by atoms with E-state index in [1.54, 1.807) is 36.1 Å². The summed E-state index contributed by atoms with van der Waals surface area (Å²) < 4.78 is 30.0. The normalized spacial score (nSPS) is 19.1. The van der Waals surface area contributed by atoms with E-state index in [4.69, 9.17) is 11.6 Å². The molecular formula is C20H20ClF2N7O. The van der Waals surface area contributed by atoms with Gasteiger partial charge in [0.25, 0.3) is 0 Å². The molecule has 3 heterocycles. The number of hydrogen-bond donors (Lipinski definition) is 4. The predicted molar refractivity (Wildman–Crippen MR) is 115 cm³/mol. The molecule has 1 unspecified atom stereocenters. The van der Waals surface area contributed by atoms with Gasteiger partial charge in [0.05, 0.1) is 47.1 Å². The van der Waals surface area contributed by atoms with Crippen molar-refractivity contribution in [2.75, 3.05) is 23.8 Å². The summed E-state index contributed by atoms with van der Waals surface area (Å²) in [5, 5.41) is 22.7. The highest BCUT2D eigenvalue weighted by atomic mass is 35.5. The molecule has 0 saturated heterocycles. The van der Waals surface area contributed by atoms with Crippen LogP contribution in [0.25, 0.3) is 27.8 Å². The van der Waals surface area contributed by atoms with Crippen molar-refractivity contribution >= 4 is 39.7 Å². The van der Waals surface area contributed by atoms with Crippen LogP contribution in [0, 0.1) is 11.7 Å². The first-order chi connectivity index (χ1) is 15.0. The van der Waals surface area contributed by atoms with Crippen LogP contribution in [-0.4, -0.2) is 55.0 Å². The molecule has 1 aliphatic carbocycles. The molecule has 3 aromatic heterocycles. The van der Waals surface area contributed by atoms with Gasteiger partial charge in [-0.05, 0) is 13.3 Å². The molecule has 1 aliphatic rings. The van der Waals surface area contributed by atoms with E-state index in [0.29, 0.717) is 46.6 Å². The third-order valence-corrected chi connectivity index (χ3v) is 5.79. The van der Waals surface area contributed by atoms with Gasteiger partial charge >= 0.3 is 0 Å². The average Bonchev–Trinajstić information content (AvgIpc) is 3.13. The molecule has 0 amide bonds. The number of rotatable bonds is 7. The summed E-state index contributed by atoms with van der Waals surface area (Å²) in [6.07, 6.45) is 6.45. The number of aromatic amines is 1. The standard InChI is InChI=1S/C20H20ClF2N7O/c1-9(8-31)27-20-18(23)17(21)16(11-4-26-29-19(11)20)13-6-30-7-14(28-15(30)5-24-13)25-3-10-2-12(10)22/h4-7,9-10,12,25,27,31H,2-3,8H2,1H3,(H,26,29)/t9?,10-,12-/m0/s1. The number of nitrogens with one attached hydrogen (secondary N) is 3. The highest BCUT2D eigenvalue weighted by molar-refractivity contribution is 6.35. The zero-order chi connectivity index (χ0) is 21.7. The van der Waals surface area contributed by atoms with Crippen LogP contribution in [0.5, 0.6) is 0 Å². The molecule has 0 spiro atoms. The van der Waals surface area contributed by atoms with E-state index in [1.165, 1.54) is 0 Å². The lowest BCUT2D eigenvalue weighted by Crippen LogP contribution is -2.20. The summed E-state index contributed by atoms with van der Waals surface area (Å²) >= 11 is 6.43. The molecule has 1 aromatic carbocycles. The minimum absolute atomic E-state index is 0.0373. The zero-order valence-corrected chi connectivity index (χ0v) is 17.3. The monoisotopic (exact) mass is 447 g/mol. The highest BCUT2D eigenvalue weighted by Gasteiger charge is 2.37. The maximum atomic E-state index is 15.2. The second-order valence-electron chi connectivity index (χ2n) is 7.82. The topological polar surface area (TPSA) is 103 Å². The van der Waals surface area contributed by atoms with E-state index >= 15 is 4.39 Å². The predicted octanol–water partition coefficient (Wildman–Crippen LogP) is 3.63. The third kappa shape index (κ3) is 3.55. The molecule has 1 fully saturated rings. The lowest BCUT2D eigenvalue weighted by atomic mass is 10.0. The first kappa shape index (κ1) is 20.0. The smallest absolute Gasteiger partial charge is 0.167 e. The van der Waals surface area contributed by atoms with Gasteiger partial charge in [0.15, 0.2) is 11.5 Å². The second kappa shape index (κ2) is 7.61. The van der Waals surface area contributed by atoms with E-state index in [0.717, 1.165) is 0 Å². The molecule has 162 valence electrons. The molecule has 5 rings (SSSR count). The van der Waals surface area contributed by atoms with Crippen LogP contribution in [0.2, 0.25) is 5.02 Å². The lowest BCUT2D eigenvalue weighted by molar-refractivity contribution is 0.281. The number of aromatic nitrogens is 5. The van der Waals surface area contributed by atoms with Crippen LogP contribution < -0.4 is 10.6 Å². The zero-order valence-electron chi connectivity index (χ0n) is 16.5. The number of H-pyrrole nitrogens is 1. The summed E-state index contributed by atoms with van der Waals surface area (Å²) in [5.41, 5.74) is 2.00. The van der Waals surface area contributed by atoms with Gasteiger partial charge in [-0.25, -0.2) is 13.8 Å². The van der Waals surface area contributed by atoms with E-state index in [2.05, 4.69) is 30.8 Å². The first-order valence-corrected chi connectivity index (χ1v) is 10.3. The van der Waals surface area contributed by atoms with Crippen molar-refractivity contribution in [3.8, 4) is 11.3 Å². The Morgan fingerprint density at radius 3 is 2.94 bits per heavy atom. The molecule has 3 atom stereocenters. The van der Waals surface area contributed by atoms with Crippen LogP contribution in [0.3, 0.4) is 0 Å². The van der Waals surface area contributed by atoms with Crippen molar-refractivity contribution in [2.24, 2.45) is 5.92 Å². The van der Waals surface area contributed by atoms with Crippen LogP contribution in [-0.2, 0) is 0 Å². The number of fused-ring (bicyclic) bond motifs is 2. The number of hydrogen-bond acceptors (Lipinski definition) is 6. The van der Waals surface area contributed by atoms with Gasteiger partial charge in [-0.15, -0.1) is 0 Å². The number of imidazole rings is 1. The molecular weight excluding hydrogens is 428 g/mol. The molecule has 4 aromatic rings. The van der Waals surface area contributed by atoms with Crippen molar-refractivity contribution in [1.82, 2.24) is 24.6 Å². The van der Waals surface area contributed by atoms with E-state index in [-0.39, 0.29) is 29.3 Å². The van der Waals surface area contributed by atoms with Gasteiger partial charge in [0.1, 0.15) is 12.0 Å². The number of benzene rings is 1. The number of aliphatic hydroxyl groups excluding tert-OH is 1. The summed E-state index contributed by atoms with van der Waals surface area (Å²) in [6.45, 7) is 2.08. The van der Waals surface area contributed by atoms with Crippen molar-refractivity contribution < 1.29 is 13.9 Å². The van der Waals surface area contributed by atoms with Gasteiger partial charge in [-0.3, -0.25) is 10.1 Å². The van der Waals surface area contributed by atoms with Gasteiger partial charge < -0.3 is 20.1 Å². The van der Waals surface area contributed by atoms with E-state index in [1.807, 2.05) is 0 Å². The maximum Gasteiger partial charge on any atom is 0.167 e. The summed E-state index contributed by atoms with van der Waals surface area (Å²) in [7, 11) is 0. The van der Waals surface area contributed by atoms with Crippen LogP contribution in [0.1, 0.15) is 13.3 Å². The fourth-order valence-electron chi connectivity index (χ4n) is 3.56. The Morgan fingerprint density at radius 1 is 1.39 bits per heavy atom. The Morgan fingerprint density at radius 2 is 2.19 bits per heavy atom. The van der Waals surface area contributed by atoms with Crippen LogP contribution in [0.15, 0.2) is 24.8 Å². The minimum atomic E-state index is -0.731.